The highest BCUT2D eigenvalue weighted by Crippen LogP contribution is 2.44. The van der Waals surface area contributed by atoms with Crippen molar-refractivity contribution in [3.8, 4) is 0 Å². The average Bonchev–Trinajstić information content (AvgIpc) is 2.94. The van der Waals surface area contributed by atoms with E-state index in [4.69, 9.17) is 5.14 Å². The maximum atomic E-state index is 11.7. The Bertz CT molecular complexity index is 816. The highest BCUT2D eigenvalue weighted by Gasteiger charge is 2.30. The first-order chi connectivity index (χ1) is 11.4. The lowest BCUT2D eigenvalue weighted by atomic mass is 10.1. The highest BCUT2D eigenvalue weighted by atomic mass is 32.3. The summed E-state index contributed by atoms with van der Waals surface area (Å²) in [5.74, 6) is 0. The molecule has 0 saturated carbocycles. The topological polar surface area (TPSA) is 75.4 Å². The third-order valence-corrected chi connectivity index (χ3v) is 7.66. The Morgan fingerprint density at radius 3 is 2.67 bits per heavy atom. The van der Waals surface area contributed by atoms with Crippen LogP contribution in [0.5, 0.6) is 0 Å². The summed E-state index contributed by atoms with van der Waals surface area (Å²) in [4.78, 5) is 0. The molecule has 130 valence electrons. The Morgan fingerprint density at radius 2 is 2.04 bits per heavy atom. The summed E-state index contributed by atoms with van der Waals surface area (Å²) in [6, 6.07) is 10.3. The monoisotopic (exact) mass is 383 g/mol. The zero-order valence-corrected chi connectivity index (χ0v) is 16.1. The minimum atomic E-state index is -3.66. The molecule has 1 aromatic carbocycles. The number of rotatable bonds is 5. The number of nitrogens with one attached hydrogen (secondary N) is 1. The summed E-state index contributed by atoms with van der Waals surface area (Å²) < 4.78 is 26.8. The molecule has 24 heavy (non-hydrogen) atoms. The van der Waals surface area contributed by atoms with Crippen molar-refractivity contribution in [2.24, 2.45) is 5.14 Å². The molecule has 1 aliphatic rings. The number of sulfonamides is 1. The molecule has 0 saturated heterocycles. The van der Waals surface area contributed by atoms with Crippen LogP contribution in [0.15, 0.2) is 38.8 Å². The Morgan fingerprint density at radius 1 is 1.33 bits per heavy atom. The van der Waals surface area contributed by atoms with Gasteiger partial charge in [-0.15, -0.1) is 11.3 Å². The van der Waals surface area contributed by atoms with Crippen LogP contribution in [0.2, 0.25) is 0 Å². The second kappa shape index (κ2) is 7.15. The first-order valence-corrected chi connectivity index (χ1v) is 10.9. The summed E-state index contributed by atoms with van der Waals surface area (Å²) in [7, 11) is -3.66. The predicted molar refractivity (Wildman–Crippen MR) is 99.6 cm³/mol. The summed E-state index contributed by atoms with van der Waals surface area (Å²) in [5, 5.41) is 8.75. The van der Waals surface area contributed by atoms with Crippen LogP contribution >= 0.6 is 23.3 Å². The molecule has 3 rings (SSSR count). The smallest absolute Gasteiger partial charge is 0.247 e. The Hall–Kier alpha value is -0.900. The number of nitrogens with zero attached hydrogens (tertiary/aromatic N) is 1. The van der Waals surface area contributed by atoms with Crippen molar-refractivity contribution in [2.45, 2.75) is 34.9 Å². The molecule has 1 atom stereocenters. The third kappa shape index (κ3) is 4.01. The zero-order valence-electron chi connectivity index (χ0n) is 13.7. The minimum absolute atomic E-state index is 0.114. The molecule has 0 bridgehead atoms. The molecule has 2 heterocycles. The van der Waals surface area contributed by atoms with Gasteiger partial charge in [0.05, 0.1) is 4.21 Å². The van der Waals surface area contributed by atoms with E-state index in [1.54, 1.807) is 18.0 Å². The van der Waals surface area contributed by atoms with Crippen LogP contribution in [0.1, 0.15) is 29.7 Å². The molecule has 1 aliphatic heterocycles. The van der Waals surface area contributed by atoms with E-state index < -0.39 is 10.0 Å². The minimum Gasteiger partial charge on any atom is -0.309 e. The number of thiophene rings is 1. The van der Waals surface area contributed by atoms with E-state index in [2.05, 4.69) is 47.7 Å². The quantitative estimate of drug-likeness (QED) is 0.777. The van der Waals surface area contributed by atoms with Gasteiger partial charge in [0.25, 0.3) is 0 Å². The van der Waals surface area contributed by atoms with Crippen molar-refractivity contribution in [1.29, 1.82) is 0 Å². The Kier molecular flexibility index (Phi) is 5.33. The highest BCUT2D eigenvalue weighted by molar-refractivity contribution is 7.99. The van der Waals surface area contributed by atoms with E-state index in [1.807, 2.05) is 0 Å². The van der Waals surface area contributed by atoms with Gasteiger partial charge in [-0.1, -0.05) is 36.8 Å². The SMILES string of the molecule is CCNC1CN(Cc2ccc(C)cc2)Sc2sc(S(N)(=O)=O)cc21. The van der Waals surface area contributed by atoms with Crippen LogP contribution in [-0.2, 0) is 16.6 Å². The number of primary sulfonamides is 1. The van der Waals surface area contributed by atoms with Crippen molar-refractivity contribution >= 4 is 33.3 Å². The van der Waals surface area contributed by atoms with E-state index in [0.717, 1.165) is 29.4 Å². The van der Waals surface area contributed by atoms with Gasteiger partial charge in [-0.2, -0.15) is 0 Å². The third-order valence-electron chi connectivity index (χ3n) is 3.89. The first kappa shape index (κ1) is 17.9. The normalized spacial score (nSPS) is 18.5. The fourth-order valence-corrected chi connectivity index (χ4v) is 6.26. The van der Waals surface area contributed by atoms with Gasteiger partial charge in [0, 0.05) is 19.1 Å². The molecule has 5 nitrogen and oxygen atoms in total. The summed E-state index contributed by atoms with van der Waals surface area (Å²) in [5.41, 5.74) is 3.53. The van der Waals surface area contributed by atoms with Crippen molar-refractivity contribution < 1.29 is 8.42 Å². The van der Waals surface area contributed by atoms with Crippen LogP contribution < -0.4 is 10.5 Å². The molecule has 3 N–H and O–H groups in total. The van der Waals surface area contributed by atoms with Crippen molar-refractivity contribution in [2.75, 3.05) is 13.1 Å². The van der Waals surface area contributed by atoms with Crippen molar-refractivity contribution in [3.63, 3.8) is 0 Å². The van der Waals surface area contributed by atoms with Crippen LogP contribution in [0.4, 0.5) is 0 Å². The van der Waals surface area contributed by atoms with Gasteiger partial charge in [-0.25, -0.2) is 17.9 Å². The second-order valence-corrected chi connectivity index (χ2v) is 10.1. The fourth-order valence-electron chi connectivity index (χ4n) is 2.69. The Balaban J connectivity index is 1.85. The molecule has 0 radical (unpaired) electrons. The molecule has 0 spiro atoms. The predicted octanol–water partition coefficient (Wildman–Crippen LogP) is 2.88. The van der Waals surface area contributed by atoms with Gasteiger partial charge >= 0.3 is 0 Å². The van der Waals surface area contributed by atoms with Crippen LogP contribution in [-0.4, -0.2) is 25.8 Å². The molecule has 0 fully saturated rings. The number of nitrogens with two attached hydrogens (primary N) is 1. The van der Waals surface area contributed by atoms with E-state index in [9.17, 15) is 8.42 Å². The van der Waals surface area contributed by atoms with Gasteiger partial charge in [0.2, 0.25) is 10.0 Å². The molecule has 1 aromatic heterocycles. The molecular weight excluding hydrogens is 362 g/mol. The fraction of sp³-hybridized carbons (Fsp3) is 0.375. The van der Waals surface area contributed by atoms with Crippen LogP contribution in [0, 0.1) is 6.92 Å². The van der Waals surface area contributed by atoms with Crippen LogP contribution in [0.25, 0.3) is 0 Å². The molecule has 0 amide bonds. The first-order valence-electron chi connectivity index (χ1n) is 7.75. The van der Waals surface area contributed by atoms with E-state index >= 15 is 0 Å². The van der Waals surface area contributed by atoms with E-state index in [1.165, 1.54) is 22.5 Å². The lowest BCUT2D eigenvalue weighted by Gasteiger charge is -2.32. The van der Waals surface area contributed by atoms with Gasteiger partial charge in [0.1, 0.15) is 4.21 Å². The zero-order chi connectivity index (χ0) is 17.3. The molecular formula is C16H21N3O2S3. The standard InChI is InChI=1S/C16H21N3O2S3/c1-3-18-14-10-19(9-12-6-4-11(2)5-7-12)23-16-13(14)8-15(22-16)24(17,20)21/h4-8,14,18H,3,9-10H2,1-2H3,(H2,17,20,21). The molecule has 8 heteroatoms. The van der Waals surface area contributed by atoms with Crippen molar-refractivity contribution in [1.82, 2.24) is 9.62 Å². The Labute approximate surface area is 151 Å². The molecule has 0 aliphatic carbocycles. The molecule has 2 aromatic rings. The van der Waals surface area contributed by atoms with Gasteiger partial charge in [-0.05, 0) is 42.6 Å². The lowest BCUT2D eigenvalue weighted by molar-refractivity contribution is 0.376. The van der Waals surface area contributed by atoms with E-state index in [-0.39, 0.29) is 10.3 Å². The summed E-state index contributed by atoms with van der Waals surface area (Å²) in [6.07, 6.45) is 0. The van der Waals surface area contributed by atoms with E-state index in [0.29, 0.717) is 0 Å². The van der Waals surface area contributed by atoms with Crippen molar-refractivity contribution in [3.05, 3.63) is 47.0 Å². The number of benzene rings is 1. The maximum absolute atomic E-state index is 11.7. The number of hydrogen-bond donors (Lipinski definition) is 2. The summed E-state index contributed by atoms with van der Waals surface area (Å²) >= 11 is 2.87. The second-order valence-electron chi connectivity index (χ2n) is 5.86. The number of aryl methyl sites for hydroxylation is 1. The van der Waals surface area contributed by atoms with Gasteiger partial charge in [0.15, 0.2) is 0 Å². The summed E-state index contributed by atoms with van der Waals surface area (Å²) in [6.45, 7) is 6.59. The number of fused-ring (bicyclic) bond motifs is 1. The van der Waals surface area contributed by atoms with Gasteiger partial charge in [-0.3, -0.25) is 0 Å². The number of hydrogen-bond acceptors (Lipinski definition) is 6. The number of likely N-dealkylation sites (N-methyl/N-ethyl adjacent to an activating group) is 1. The largest absolute Gasteiger partial charge is 0.309 e. The molecule has 1 unspecified atom stereocenters. The average molecular weight is 384 g/mol. The maximum Gasteiger partial charge on any atom is 0.247 e. The van der Waals surface area contributed by atoms with Gasteiger partial charge < -0.3 is 5.32 Å². The van der Waals surface area contributed by atoms with Crippen LogP contribution in [0.3, 0.4) is 0 Å². The lowest BCUT2D eigenvalue weighted by Crippen LogP contribution is -2.34.